The molecule has 1 N–H and O–H groups in total. The van der Waals surface area contributed by atoms with Crippen molar-refractivity contribution in [1.82, 2.24) is 9.97 Å². The minimum atomic E-state index is -0.280. The highest BCUT2D eigenvalue weighted by Crippen LogP contribution is 2.33. The van der Waals surface area contributed by atoms with Crippen LogP contribution in [0.5, 0.6) is 0 Å². The first kappa shape index (κ1) is 14.4. The Morgan fingerprint density at radius 3 is 2.55 bits per heavy atom. The second-order valence-electron chi connectivity index (χ2n) is 5.09. The van der Waals surface area contributed by atoms with Gasteiger partial charge in [-0.25, -0.2) is 9.97 Å². The van der Waals surface area contributed by atoms with Crippen LogP contribution in [0.2, 0.25) is 0 Å². The fourth-order valence-corrected chi connectivity index (χ4v) is 2.41. The molecule has 0 saturated heterocycles. The van der Waals surface area contributed by atoms with Crippen molar-refractivity contribution in [3.63, 3.8) is 0 Å². The van der Waals surface area contributed by atoms with E-state index >= 15 is 0 Å². The third-order valence-corrected chi connectivity index (χ3v) is 3.47. The Hall–Kier alpha value is -2.04. The summed E-state index contributed by atoms with van der Waals surface area (Å²) >= 11 is 0. The lowest BCUT2D eigenvalue weighted by Gasteiger charge is -2.22. The molecular weight excluding hydrogens is 256 g/mol. The first-order valence-corrected chi connectivity index (χ1v) is 6.80. The molecule has 1 aliphatic carbocycles. The van der Waals surface area contributed by atoms with Gasteiger partial charge in [-0.1, -0.05) is 6.92 Å². The van der Waals surface area contributed by atoms with Crippen LogP contribution in [0.3, 0.4) is 0 Å². The minimum Gasteiger partial charge on any atom is -0.511 e. The molecule has 0 aromatic carbocycles. The highest BCUT2D eigenvalue weighted by atomic mass is 16.3. The molecule has 1 aliphatic rings. The number of aryl methyl sites for hydroxylation is 1. The van der Waals surface area contributed by atoms with Crippen molar-refractivity contribution in [2.75, 3.05) is 0 Å². The summed E-state index contributed by atoms with van der Waals surface area (Å²) in [5.74, 6) is -0.118. The number of aromatic nitrogens is 2. The van der Waals surface area contributed by atoms with E-state index in [0.29, 0.717) is 25.1 Å². The van der Waals surface area contributed by atoms with E-state index in [1.807, 2.05) is 6.92 Å². The van der Waals surface area contributed by atoms with Crippen LogP contribution in [0.25, 0.3) is 0 Å². The quantitative estimate of drug-likeness (QED) is 0.853. The van der Waals surface area contributed by atoms with Crippen LogP contribution in [0.4, 0.5) is 0 Å². The van der Waals surface area contributed by atoms with Crippen molar-refractivity contribution in [3.8, 4) is 0 Å². The Balaban J connectivity index is 2.23. The number of rotatable bonds is 4. The highest BCUT2D eigenvalue weighted by Gasteiger charge is 2.32. The van der Waals surface area contributed by atoms with Gasteiger partial charge in [-0.2, -0.15) is 0 Å². The lowest BCUT2D eigenvalue weighted by molar-refractivity contribution is -0.122. The van der Waals surface area contributed by atoms with Gasteiger partial charge >= 0.3 is 0 Å². The molecule has 106 valence electrons. The summed E-state index contributed by atoms with van der Waals surface area (Å²) in [7, 11) is 0. The number of allylic oxidation sites excluding steroid dienone is 2. The van der Waals surface area contributed by atoms with Gasteiger partial charge in [-0.3, -0.25) is 9.59 Å². The van der Waals surface area contributed by atoms with Crippen LogP contribution in [0, 0.1) is 6.92 Å². The SMILES string of the molecule is CCCC(=O)C1=C(O)CC(c2cnc(C)nc2)CC1=O. The van der Waals surface area contributed by atoms with E-state index < -0.39 is 0 Å². The monoisotopic (exact) mass is 274 g/mol. The van der Waals surface area contributed by atoms with Crippen LogP contribution < -0.4 is 0 Å². The van der Waals surface area contributed by atoms with E-state index in [2.05, 4.69) is 9.97 Å². The van der Waals surface area contributed by atoms with Gasteiger partial charge in [-0.15, -0.1) is 0 Å². The molecule has 0 spiro atoms. The van der Waals surface area contributed by atoms with Gasteiger partial charge in [0.25, 0.3) is 0 Å². The van der Waals surface area contributed by atoms with Crippen LogP contribution in [0.1, 0.15) is 49.9 Å². The number of aliphatic hydroxyl groups is 1. The Morgan fingerprint density at radius 2 is 2.00 bits per heavy atom. The van der Waals surface area contributed by atoms with Gasteiger partial charge < -0.3 is 5.11 Å². The highest BCUT2D eigenvalue weighted by molar-refractivity contribution is 6.21. The topological polar surface area (TPSA) is 80.2 Å². The average Bonchev–Trinajstić information content (AvgIpc) is 2.39. The Labute approximate surface area is 117 Å². The molecule has 2 rings (SSSR count). The first-order chi connectivity index (χ1) is 9.52. The third kappa shape index (κ3) is 2.92. The molecule has 5 nitrogen and oxygen atoms in total. The molecule has 1 atom stereocenters. The molecule has 0 fully saturated rings. The summed E-state index contributed by atoms with van der Waals surface area (Å²) in [5.41, 5.74) is 0.814. The molecule has 0 aliphatic heterocycles. The van der Waals surface area contributed by atoms with Crippen LogP contribution in [0.15, 0.2) is 23.7 Å². The number of carbonyl (C=O) groups is 2. The fourth-order valence-electron chi connectivity index (χ4n) is 2.41. The van der Waals surface area contributed by atoms with Crippen LogP contribution in [-0.2, 0) is 9.59 Å². The second kappa shape index (κ2) is 5.94. The summed E-state index contributed by atoms with van der Waals surface area (Å²) in [6, 6.07) is 0. The summed E-state index contributed by atoms with van der Waals surface area (Å²) in [6.45, 7) is 3.66. The molecule has 1 aromatic heterocycles. The smallest absolute Gasteiger partial charge is 0.170 e. The zero-order chi connectivity index (χ0) is 14.7. The van der Waals surface area contributed by atoms with Gasteiger partial charge in [0.15, 0.2) is 11.6 Å². The number of Topliss-reactive ketones (excluding diaryl/α,β-unsaturated/α-hetero) is 2. The number of hydrogen-bond acceptors (Lipinski definition) is 5. The lowest BCUT2D eigenvalue weighted by Crippen LogP contribution is -2.23. The third-order valence-electron chi connectivity index (χ3n) is 3.47. The summed E-state index contributed by atoms with van der Waals surface area (Å²) < 4.78 is 0. The fraction of sp³-hybridized carbons (Fsp3) is 0.467. The Morgan fingerprint density at radius 1 is 1.35 bits per heavy atom. The van der Waals surface area contributed by atoms with E-state index in [9.17, 15) is 14.7 Å². The van der Waals surface area contributed by atoms with Crippen molar-refractivity contribution in [3.05, 3.63) is 35.1 Å². The second-order valence-corrected chi connectivity index (χ2v) is 5.09. The molecule has 20 heavy (non-hydrogen) atoms. The van der Waals surface area contributed by atoms with Crippen LogP contribution in [-0.4, -0.2) is 26.6 Å². The number of ketones is 2. The maximum atomic E-state index is 12.1. The van der Waals surface area contributed by atoms with Gasteiger partial charge in [0.05, 0.1) is 5.57 Å². The van der Waals surface area contributed by atoms with Gasteiger partial charge in [0.1, 0.15) is 11.6 Å². The summed E-state index contributed by atoms with van der Waals surface area (Å²) in [6.07, 6.45) is 4.82. The van der Waals surface area contributed by atoms with Crippen molar-refractivity contribution >= 4 is 11.6 Å². The van der Waals surface area contributed by atoms with Gasteiger partial charge in [-0.05, 0) is 18.9 Å². The van der Waals surface area contributed by atoms with Crippen LogP contribution >= 0.6 is 0 Å². The lowest BCUT2D eigenvalue weighted by atomic mass is 9.82. The molecule has 1 aromatic rings. The van der Waals surface area contributed by atoms with Crippen molar-refractivity contribution in [2.45, 2.75) is 45.4 Å². The molecule has 0 saturated carbocycles. The average molecular weight is 274 g/mol. The van der Waals surface area contributed by atoms with E-state index in [0.717, 1.165) is 5.56 Å². The van der Waals surface area contributed by atoms with E-state index in [1.165, 1.54) is 0 Å². The predicted molar refractivity (Wildman–Crippen MR) is 73.3 cm³/mol. The summed E-state index contributed by atoms with van der Waals surface area (Å²) in [5, 5.41) is 10.0. The number of hydrogen-bond donors (Lipinski definition) is 1. The van der Waals surface area contributed by atoms with E-state index in [1.54, 1.807) is 19.3 Å². The molecule has 0 bridgehead atoms. The molecule has 1 heterocycles. The zero-order valence-electron chi connectivity index (χ0n) is 11.7. The van der Waals surface area contributed by atoms with E-state index in [4.69, 9.17) is 0 Å². The number of carbonyl (C=O) groups excluding carboxylic acids is 2. The van der Waals surface area contributed by atoms with Gasteiger partial charge in [0.2, 0.25) is 0 Å². The minimum absolute atomic E-state index is 0.00358. The molecule has 0 radical (unpaired) electrons. The largest absolute Gasteiger partial charge is 0.511 e. The first-order valence-electron chi connectivity index (χ1n) is 6.80. The van der Waals surface area contributed by atoms with Crippen molar-refractivity contribution < 1.29 is 14.7 Å². The maximum absolute atomic E-state index is 12.1. The molecule has 0 amide bonds. The number of nitrogens with zero attached hydrogens (tertiary/aromatic N) is 2. The standard InChI is InChI=1S/C15H18N2O3/c1-3-4-12(18)15-13(19)5-10(6-14(15)20)11-7-16-9(2)17-8-11/h7-8,10,19H,3-6H2,1-2H3. The van der Waals surface area contributed by atoms with Crippen molar-refractivity contribution in [2.24, 2.45) is 0 Å². The number of aliphatic hydroxyl groups excluding tert-OH is 1. The maximum Gasteiger partial charge on any atom is 0.170 e. The summed E-state index contributed by atoms with van der Waals surface area (Å²) in [4.78, 5) is 32.1. The Kier molecular flexibility index (Phi) is 4.27. The van der Waals surface area contributed by atoms with Crippen molar-refractivity contribution in [1.29, 1.82) is 0 Å². The molecule has 5 heteroatoms. The normalized spacial score (nSPS) is 19.3. The predicted octanol–water partition coefficient (Wildman–Crippen LogP) is 2.41. The molecular formula is C15H18N2O3. The van der Waals surface area contributed by atoms with E-state index in [-0.39, 0.29) is 35.2 Å². The van der Waals surface area contributed by atoms with Gasteiger partial charge in [0, 0.05) is 37.6 Å². The molecule has 1 unspecified atom stereocenters. The Bertz CT molecular complexity index is 561. The zero-order valence-corrected chi connectivity index (χ0v) is 11.7.